The highest BCUT2D eigenvalue weighted by atomic mass is 127. The van der Waals surface area contributed by atoms with Gasteiger partial charge in [0.2, 0.25) is 0 Å². The molecule has 0 unspecified atom stereocenters. The smallest absolute Gasteiger partial charge is 0.340 e. The number of alkyl halides is 2. The molecule has 0 saturated carbocycles. The van der Waals surface area contributed by atoms with Gasteiger partial charge in [-0.3, -0.25) is 0 Å². The second-order valence-corrected chi connectivity index (χ2v) is 3.96. The Kier molecular flexibility index (Phi) is 5.03. The number of hydrogen-bond donors (Lipinski definition) is 0. The number of hydrogen-bond acceptors (Lipinski definition) is 4. The molecule has 7 heteroatoms. The quantitative estimate of drug-likeness (QED) is 0.473. The summed E-state index contributed by atoms with van der Waals surface area (Å²) in [5.74, 6) is -0.567. The van der Waals surface area contributed by atoms with Gasteiger partial charge < -0.3 is 9.47 Å². The van der Waals surface area contributed by atoms with Gasteiger partial charge in [-0.15, -0.1) is 0 Å². The summed E-state index contributed by atoms with van der Waals surface area (Å²) < 4.78 is 35.3. The van der Waals surface area contributed by atoms with Crippen LogP contribution in [0.25, 0.3) is 0 Å². The zero-order chi connectivity index (χ0) is 13.0. The molecule has 17 heavy (non-hydrogen) atoms. The van der Waals surface area contributed by atoms with Gasteiger partial charge in [0.1, 0.15) is 9.39 Å². The van der Waals surface area contributed by atoms with E-state index in [0.29, 0.717) is 0 Å². The first-order chi connectivity index (χ1) is 8.01. The number of ether oxygens (including phenoxy) is 2. The minimum atomic E-state index is -2.84. The van der Waals surface area contributed by atoms with Crippen LogP contribution in [0.3, 0.4) is 0 Å². The molecule has 0 amide bonds. The van der Waals surface area contributed by atoms with Gasteiger partial charge in [-0.25, -0.2) is 18.6 Å². The van der Waals surface area contributed by atoms with E-state index in [4.69, 9.17) is 4.74 Å². The fourth-order valence-electron chi connectivity index (χ4n) is 1.17. The lowest BCUT2D eigenvalue weighted by molar-refractivity contribution is 0.0512. The Morgan fingerprint density at radius 2 is 2.24 bits per heavy atom. The maximum atomic E-state index is 12.7. The molecule has 0 aliphatic carbocycles. The van der Waals surface area contributed by atoms with Crippen molar-refractivity contribution in [1.82, 2.24) is 4.98 Å². The largest absolute Gasteiger partial charge is 0.494 e. The average molecular weight is 357 g/mol. The maximum absolute atomic E-state index is 12.7. The normalized spacial score (nSPS) is 10.5. The van der Waals surface area contributed by atoms with Crippen LogP contribution in [0.1, 0.15) is 29.4 Å². The van der Waals surface area contributed by atoms with Crippen molar-refractivity contribution in [3.63, 3.8) is 0 Å². The number of halogens is 3. The number of carbonyl (C=O) groups is 1. The molecule has 0 spiro atoms. The highest BCUT2D eigenvalue weighted by molar-refractivity contribution is 14.1. The van der Waals surface area contributed by atoms with Crippen molar-refractivity contribution in [3.8, 4) is 5.75 Å². The summed E-state index contributed by atoms with van der Waals surface area (Å²) in [6.07, 6.45) is -2.84. The van der Waals surface area contributed by atoms with E-state index in [9.17, 15) is 13.6 Å². The van der Waals surface area contributed by atoms with Gasteiger partial charge in [-0.1, -0.05) is 0 Å². The first-order valence-electron chi connectivity index (χ1n) is 4.71. The van der Waals surface area contributed by atoms with Crippen LogP contribution in [-0.4, -0.2) is 24.7 Å². The average Bonchev–Trinajstić information content (AvgIpc) is 2.28. The fraction of sp³-hybridized carbons (Fsp3) is 0.400. The summed E-state index contributed by atoms with van der Waals surface area (Å²) in [7, 11) is 1.37. The summed E-state index contributed by atoms with van der Waals surface area (Å²) in [5, 5.41) is 0. The Balaban J connectivity index is 3.28. The summed E-state index contributed by atoms with van der Waals surface area (Å²) >= 11 is 1.76. The molecule has 0 aromatic carbocycles. The van der Waals surface area contributed by atoms with Crippen molar-refractivity contribution < 1.29 is 23.0 Å². The number of esters is 1. The van der Waals surface area contributed by atoms with Gasteiger partial charge in [0.15, 0.2) is 5.75 Å². The van der Waals surface area contributed by atoms with E-state index in [1.807, 2.05) is 0 Å². The van der Waals surface area contributed by atoms with Crippen LogP contribution in [0.15, 0.2) is 6.07 Å². The van der Waals surface area contributed by atoms with Crippen molar-refractivity contribution in [1.29, 1.82) is 0 Å². The second-order valence-electron chi connectivity index (χ2n) is 2.94. The Hall–Kier alpha value is -0.990. The Labute approximate surface area is 110 Å². The second kappa shape index (κ2) is 6.08. The molecular weight excluding hydrogens is 347 g/mol. The number of carbonyl (C=O) groups excluding carboxylic acids is 1. The van der Waals surface area contributed by atoms with Gasteiger partial charge >= 0.3 is 5.97 Å². The molecule has 0 saturated heterocycles. The highest BCUT2D eigenvalue weighted by Gasteiger charge is 2.23. The zero-order valence-electron chi connectivity index (χ0n) is 9.17. The van der Waals surface area contributed by atoms with Crippen molar-refractivity contribution in [2.24, 2.45) is 0 Å². The minimum absolute atomic E-state index is 0.107. The first kappa shape index (κ1) is 14.1. The van der Waals surface area contributed by atoms with E-state index in [-0.39, 0.29) is 21.6 Å². The lowest BCUT2D eigenvalue weighted by Gasteiger charge is -2.10. The molecule has 0 aliphatic rings. The zero-order valence-corrected chi connectivity index (χ0v) is 11.3. The van der Waals surface area contributed by atoms with Crippen LogP contribution in [0.4, 0.5) is 8.78 Å². The van der Waals surface area contributed by atoms with E-state index >= 15 is 0 Å². The Morgan fingerprint density at radius 3 is 2.71 bits per heavy atom. The molecule has 0 atom stereocenters. The number of pyridine rings is 1. The molecule has 0 fully saturated rings. The van der Waals surface area contributed by atoms with E-state index < -0.39 is 18.1 Å². The highest BCUT2D eigenvalue weighted by Crippen LogP contribution is 2.28. The van der Waals surface area contributed by atoms with Crippen molar-refractivity contribution in [3.05, 3.63) is 21.0 Å². The molecule has 0 N–H and O–H groups in total. The Bertz CT molecular complexity index is 426. The molecule has 0 bridgehead atoms. The number of rotatable bonds is 4. The van der Waals surface area contributed by atoms with Crippen LogP contribution in [0.5, 0.6) is 5.75 Å². The van der Waals surface area contributed by atoms with Gasteiger partial charge in [0.25, 0.3) is 6.43 Å². The van der Waals surface area contributed by atoms with Crippen LogP contribution in [0.2, 0.25) is 0 Å². The molecular formula is C10H10F2INO3. The summed E-state index contributed by atoms with van der Waals surface area (Å²) in [4.78, 5) is 15.2. The molecule has 4 nitrogen and oxygen atoms in total. The fourth-order valence-corrected chi connectivity index (χ4v) is 1.80. The summed E-state index contributed by atoms with van der Waals surface area (Å²) in [6.45, 7) is 1.70. The third kappa shape index (κ3) is 3.24. The molecule has 1 heterocycles. The predicted molar refractivity (Wildman–Crippen MR) is 64.4 cm³/mol. The van der Waals surface area contributed by atoms with E-state index in [2.05, 4.69) is 9.72 Å². The third-order valence-electron chi connectivity index (χ3n) is 1.90. The molecule has 0 aliphatic heterocycles. The minimum Gasteiger partial charge on any atom is -0.494 e. The van der Waals surface area contributed by atoms with Gasteiger partial charge in [-0.2, -0.15) is 0 Å². The van der Waals surface area contributed by atoms with Crippen LogP contribution in [-0.2, 0) is 4.74 Å². The number of aromatic nitrogens is 1. The molecule has 0 radical (unpaired) electrons. The lowest BCUT2D eigenvalue weighted by atomic mass is 10.2. The molecule has 1 aromatic rings. The van der Waals surface area contributed by atoms with Crippen molar-refractivity contribution in [2.45, 2.75) is 13.3 Å². The summed E-state index contributed by atoms with van der Waals surface area (Å²) in [6, 6.07) is 1.22. The van der Waals surface area contributed by atoms with E-state index in [1.165, 1.54) is 13.2 Å². The molecule has 1 aromatic heterocycles. The van der Waals surface area contributed by atoms with E-state index in [1.54, 1.807) is 29.5 Å². The third-order valence-corrected chi connectivity index (χ3v) is 2.67. The van der Waals surface area contributed by atoms with E-state index in [0.717, 1.165) is 0 Å². The van der Waals surface area contributed by atoms with Gasteiger partial charge in [0.05, 0.1) is 19.3 Å². The lowest BCUT2D eigenvalue weighted by Crippen LogP contribution is -2.11. The van der Waals surface area contributed by atoms with Crippen molar-refractivity contribution >= 4 is 28.6 Å². The van der Waals surface area contributed by atoms with Crippen LogP contribution >= 0.6 is 22.6 Å². The molecule has 1 rings (SSSR count). The van der Waals surface area contributed by atoms with Crippen molar-refractivity contribution in [2.75, 3.05) is 13.7 Å². The van der Waals surface area contributed by atoms with Crippen LogP contribution < -0.4 is 4.74 Å². The van der Waals surface area contributed by atoms with Gasteiger partial charge in [-0.05, 0) is 35.6 Å². The monoisotopic (exact) mass is 357 g/mol. The topological polar surface area (TPSA) is 48.4 Å². The SMILES string of the molecule is CCOC(=O)c1cc(OC)c(I)nc1C(F)F. The first-order valence-corrected chi connectivity index (χ1v) is 5.78. The molecule has 94 valence electrons. The summed E-state index contributed by atoms with van der Waals surface area (Å²) in [5.41, 5.74) is -0.854. The number of methoxy groups -OCH3 is 1. The maximum Gasteiger partial charge on any atom is 0.340 e. The Morgan fingerprint density at radius 1 is 1.59 bits per heavy atom. The number of nitrogens with zero attached hydrogens (tertiary/aromatic N) is 1. The predicted octanol–water partition coefficient (Wildman–Crippen LogP) is 2.81. The standard InChI is InChI=1S/C10H10F2INO3/c1-3-17-10(15)5-4-6(16-2)9(13)14-7(5)8(11)12/h4,8H,3H2,1-2H3. The van der Waals surface area contributed by atoms with Crippen LogP contribution in [0, 0.1) is 3.70 Å². The van der Waals surface area contributed by atoms with Gasteiger partial charge in [0, 0.05) is 0 Å².